The first kappa shape index (κ1) is 16.9. The minimum atomic E-state index is -0.663. The van der Waals surface area contributed by atoms with Crippen molar-refractivity contribution in [1.29, 1.82) is 0 Å². The fraction of sp³-hybridized carbons (Fsp3) is 0.846. The van der Waals surface area contributed by atoms with Crippen LogP contribution in [0.5, 0.6) is 0 Å². The van der Waals surface area contributed by atoms with E-state index >= 15 is 0 Å². The Kier molecular flexibility index (Phi) is 7.59. The predicted molar refractivity (Wildman–Crippen MR) is 66.9 cm³/mol. The lowest BCUT2D eigenvalue weighted by Gasteiger charge is -2.27. The van der Waals surface area contributed by atoms with Gasteiger partial charge in [0.05, 0.1) is 25.0 Å². The molecule has 0 aliphatic carbocycles. The second kappa shape index (κ2) is 8.08. The van der Waals surface area contributed by atoms with E-state index in [1.165, 1.54) is 7.11 Å². The molecule has 0 rings (SSSR count). The summed E-state index contributed by atoms with van der Waals surface area (Å²) in [6, 6.07) is 0. The maximum absolute atomic E-state index is 11.7. The van der Waals surface area contributed by atoms with Crippen LogP contribution in [0.25, 0.3) is 0 Å². The number of esters is 2. The van der Waals surface area contributed by atoms with Crippen molar-refractivity contribution in [2.75, 3.05) is 20.3 Å². The fourth-order valence-corrected chi connectivity index (χ4v) is 1.76. The smallest absolute Gasteiger partial charge is 0.311 e. The quantitative estimate of drug-likeness (QED) is 0.529. The lowest BCUT2D eigenvalue weighted by Crippen LogP contribution is -2.33. The zero-order valence-corrected chi connectivity index (χ0v) is 11.7. The van der Waals surface area contributed by atoms with Crippen molar-refractivity contribution in [3.63, 3.8) is 0 Å². The van der Waals surface area contributed by atoms with Gasteiger partial charge >= 0.3 is 11.9 Å². The van der Waals surface area contributed by atoms with Crippen LogP contribution in [0.15, 0.2) is 0 Å². The topological polar surface area (TPSA) is 72.8 Å². The summed E-state index contributed by atoms with van der Waals surface area (Å²) in [5.41, 5.74) is -0.663. The summed E-state index contributed by atoms with van der Waals surface area (Å²) in [6.45, 7) is 5.62. The second-order valence-corrected chi connectivity index (χ2v) is 4.76. The average molecular weight is 260 g/mol. The maximum atomic E-state index is 11.7. The van der Waals surface area contributed by atoms with Gasteiger partial charge in [-0.2, -0.15) is 0 Å². The number of rotatable bonds is 8. The summed E-state index contributed by atoms with van der Waals surface area (Å²) in [5, 5.41) is 8.59. The number of ether oxygens (including phenoxy) is 2. The number of methoxy groups -OCH3 is 1. The molecular weight excluding hydrogens is 236 g/mol. The molecule has 0 saturated heterocycles. The molecule has 0 bridgehead atoms. The van der Waals surface area contributed by atoms with E-state index in [9.17, 15) is 9.59 Å². The van der Waals surface area contributed by atoms with Gasteiger partial charge < -0.3 is 14.6 Å². The fourth-order valence-electron chi connectivity index (χ4n) is 1.76. The molecule has 0 aliphatic rings. The largest absolute Gasteiger partial charge is 0.469 e. The van der Waals surface area contributed by atoms with E-state index in [2.05, 4.69) is 0 Å². The lowest BCUT2D eigenvalue weighted by molar-refractivity contribution is -0.156. The molecule has 1 N–H and O–H groups in total. The minimum absolute atomic E-state index is 0.00348. The predicted octanol–water partition coefficient (Wildman–Crippen LogP) is 1.53. The van der Waals surface area contributed by atoms with Crippen molar-refractivity contribution >= 4 is 11.9 Å². The van der Waals surface area contributed by atoms with Gasteiger partial charge in [-0.05, 0) is 19.8 Å². The summed E-state index contributed by atoms with van der Waals surface area (Å²) in [7, 11) is 1.35. The molecule has 0 aromatic rings. The molecule has 0 fully saturated rings. The minimum Gasteiger partial charge on any atom is -0.469 e. The van der Waals surface area contributed by atoms with Gasteiger partial charge in [-0.15, -0.1) is 0 Å². The van der Waals surface area contributed by atoms with E-state index in [-0.39, 0.29) is 31.1 Å². The molecule has 0 spiro atoms. The van der Waals surface area contributed by atoms with E-state index in [1.807, 2.05) is 6.92 Å². The Labute approximate surface area is 108 Å². The third-order valence-corrected chi connectivity index (χ3v) is 3.16. The van der Waals surface area contributed by atoms with Crippen molar-refractivity contribution in [1.82, 2.24) is 0 Å². The number of carbonyl (C=O) groups is 2. The van der Waals surface area contributed by atoms with Gasteiger partial charge in [0.2, 0.25) is 0 Å². The molecule has 106 valence electrons. The monoisotopic (exact) mass is 260 g/mol. The Bertz CT molecular complexity index is 277. The van der Waals surface area contributed by atoms with Crippen molar-refractivity contribution in [2.45, 2.75) is 40.0 Å². The van der Waals surface area contributed by atoms with Crippen molar-refractivity contribution in [3.8, 4) is 0 Å². The zero-order chi connectivity index (χ0) is 14.2. The molecule has 5 nitrogen and oxygen atoms in total. The molecule has 18 heavy (non-hydrogen) atoms. The van der Waals surface area contributed by atoms with Gasteiger partial charge in [-0.3, -0.25) is 9.59 Å². The first-order chi connectivity index (χ1) is 8.41. The van der Waals surface area contributed by atoms with Crippen LogP contribution in [-0.2, 0) is 19.1 Å². The molecule has 2 atom stereocenters. The third-order valence-electron chi connectivity index (χ3n) is 3.16. The molecule has 0 radical (unpaired) electrons. The Morgan fingerprint density at radius 1 is 1.39 bits per heavy atom. The normalized spacial score (nSPS) is 15.6. The highest BCUT2D eigenvalue weighted by Crippen LogP contribution is 2.31. The van der Waals surface area contributed by atoms with Crippen LogP contribution in [0.4, 0.5) is 0 Å². The highest BCUT2D eigenvalue weighted by molar-refractivity contribution is 5.78. The molecule has 0 heterocycles. The molecule has 0 saturated carbocycles. The van der Waals surface area contributed by atoms with Gasteiger partial charge in [0.25, 0.3) is 0 Å². The van der Waals surface area contributed by atoms with Crippen LogP contribution in [0.1, 0.15) is 40.0 Å². The third kappa shape index (κ3) is 5.04. The maximum Gasteiger partial charge on any atom is 0.311 e. The number of hydrogen-bond acceptors (Lipinski definition) is 5. The van der Waals surface area contributed by atoms with E-state index < -0.39 is 5.41 Å². The molecule has 0 aliphatic heterocycles. The van der Waals surface area contributed by atoms with Crippen LogP contribution >= 0.6 is 0 Å². The molecule has 0 aromatic carbocycles. The lowest BCUT2D eigenvalue weighted by atomic mass is 9.79. The van der Waals surface area contributed by atoms with Gasteiger partial charge in [0, 0.05) is 13.0 Å². The Balaban J connectivity index is 4.38. The number of hydrogen-bond donors (Lipinski definition) is 1. The van der Waals surface area contributed by atoms with E-state index in [1.54, 1.807) is 13.8 Å². The second-order valence-electron chi connectivity index (χ2n) is 4.76. The van der Waals surface area contributed by atoms with Crippen LogP contribution in [0.3, 0.4) is 0 Å². The van der Waals surface area contributed by atoms with Crippen molar-refractivity contribution in [3.05, 3.63) is 0 Å². The Morgan fingerprint density at radius 3 is 2.44 bits per heavy atom. The molecule has 0 aromatic heterocycles. The van der Waals surface area contributed by atoms with Gasteiger partial charge in [-0.1, -0.05) is 13.8 Å². The summed E-state index contributed by atoms with van der Waals surface area (Å²) in [6.07, 6.45) is 1.43. The van der Waals surface area contributed by atoms with Crippen LogP contribution in [0.2, 0.25) is 0 Å². The summed E-state index contributed by atoms with van der Waals surface area (Å²) < 4.78 is 9.76. The highest BCUT2D eigenvalue weighted by atomic mass is 16.5. The van der Waals surface area contributed by atoms with Crippen LogP contribution < -0.4 is 0 Å². The standard InChI is InChI=1S/C13H24O5/c1-5-13(3,12(16)17-4)9-10(2)11(15)18-8-6-7-14/h10,14H,5-9H2,1-4H3. The summed E-state index contributed by atoms with van der Waals surface area (Å²) in [5.74, 6) is -1.01. The first-order valence-corrected chi connectivity index (χ1v) is 6.27. The van der Waals surface area contributed by atoms with Crippen LogP contribution in [0, 0.1) is 11.3 Å². The van der Waals surface area contributed by atoms with E-state index in [0.717, 1.165) is 0 Å². The summed E-state index contributed by atoms with van der Waals surface area (Å²) in [4.78, 5) is 23.3. The van der Waals surface area contributed by atoms with Gasteiger partial charge in [0.1, 0.15) is 0 Å². The Hall–Kier alpha value is -1.10. The SMILES string of the molecule is CCC(C)(CC(C)C(=O)OCCCO)C(=O)OC. The number of aliphatic hydroxyl groups is 1. The molecule has 2 unspecified atom stereocenters. The molecule has 0 amide bonds. The van der Waals surface area contributed by atoms with Gasteiger partial charge in [-0.25, -0.2) is 0 Å². The molecule has 5 heteroatoms. The molecular formula is C13H24O5. The number of carbonyl (C=O) groups excluding carboxylic acids is 2. The first-order valence-electron chi connectivity index (χ1n) is 6.27. The average Bonchev–Trinajstić information content (AvgIpc) is 2.37. The Morgan fingerprint density at radius 2 is 2.00 bits per heavy atom. The number of aliphatic hydroxyl groups excluding tert-OH is 1. The van der Waals surface area contributed by atoms with Crippen LogP contribution in [-0.4, -0.2) is 37.4 Å². The van der Waals surface area contributed by atoms with Crippen molar-refractivity contribution in [2.24, 2.45) is 11.3 Å². The zero-order valence-electron chi connectivity index (χ0n) is 11.7. The van der Waals surface area contributed by atoms with E-state index in [4.69, 9.17) is 14.6 Å². The van der Waals surface area contributed by atoms with E-state index in [0.29, 0.717) is 19.3 Å². The van der Waals surface area contributed by atoms with Gasteiger partial charge in [0.15, 0.2) is 0 Å². The highest BCUT2D eigenvalue weighted by Gasteiger charge is 2.36. The van der Waals surface area contributed by atoms with Crippen molar-refractivity contribution < 1.29 is 24.2 Å². The summed E-state index contributed by atoms with van der Waals surface area (Å²) >= 11 is 0.